The van der Waals surface area contributed by atoms with Crippen LogP contribution in [0.2, 0.25) is 0 Å². The molecule has 0 spiro atoms. The molecule has 1 aromatic carbocycles. The number of nitrogen functional groups attached to an aromatic ring is 1. The van der Waals surface area contributed by atoms with Crippen molar-refractivity contribution in [3.05, 3.63) is 29.8 Å². The highest BCUT2D eigenvalue weighted by molar-refractivity contribution is 5.94. The third-order valence-corrected chi connectivity index (χ3v) is 5.19. The maximum Gasteiger partial charge on any atom is 0.185 e. The second kappa shape index (κ2) is 21.4. The first-order valence-corrected chi connectivity index (χ1v) is 10.6. The monoisotopic (exact) mass is 547 g/mol. The van der Waals surface area contributed by atoms with Gasteiger partial charge in [0.1, 0.15) is 11.6 Å². The lowest BCUT2D eigenvalue weighted by Gasteiger charge is -2.34. The molecule has 2 rings (SSSR count). The van der Waals surface area contributed by atoms with Gasteiger partial charge in [-0.05, 0) is 50.1 Å². The van der Waals surface area contributed by atoms with Gasteiger partial charge in [0.15, 0.2) is 5.96 Å². The number of rotatable bonds is 13. The second-order valence-electron chi connectivity index (χ2n) is 7.54. The Labute approximate surface area is 223 Å². The van der Waals surface area contributed by atoms with Crippen molar-refractivity contribution in [3.63, 3.8) is 0 Å². The van der Waals surface area contributed by atoms with Crippen LogP contribution < -0.4 is 21.9 Å². The van der Waals surface area contributed by atoms with Crippen LogP contribution in [0.3, 0.4) is 0 Å². The zero-order chi connectivity index (χ0) is 20.9. The van der Waals surface area contributed by atoms with E-state index in [1.54, 1.807) is 0 Å². The number of nitrogens with two attached hydrogens (primary N) is 3. The number of nitrogens with one attached hydrogen (secondary N) is 1. The number of ether oxygens (including phenoxy) is 1. The van der Waals surface area contributed by atoms with Crippen LogP contribution in [0.4, 0.5) is 0 Å². The average molecular weight is 549 g/mol. The molecular weight excluding hydrogens is 508 g/mol. The fraction of sp³-hybridized carbons (Fsp3) is 0.619. The molecule has 1 aromatic rings. The van der Waals surface area contributed by atoms with Crippen molar-refractivity contribution in [1.29, 1.82) is 5.41 Å². The summed E-state index contributed by atoms with van der Waals surface area (Å²) in [5, 5.41) is 7.40. The van der Waals surface area contributed by atoms with E-state index in [1.165, 1.54) is 25.8 Å². The minimum atomic E-state index is 0. The Hall–Kier alpha value is -1.16. The molecule has 0 bridgehead atoms. The SMILES string of the molecule is Cl.Cl.Cl.Cl.N=C(N)c1ccc(OCCCN2CCN(CCCCCCN=C(N)N)CC2)cc1. The minimum absolute atomic E-state index is 0. The number of hydrogen-bond donors (Lipinski definition) is 4. The third kappa shape index (κ3) is 16.2. The number of amidine groups is 1. The van der Waals surface area contributed by atoms with E-state index in [0.717, 1.165) is 63.4 Å². The van der Waals surface area contributed by atoms with Gasteiger partial charge in [-0.3, -0.25) is 10.4 Å². The summed E-state index contributed by atoms with van der Waals surface area (Å²) < 4.78 is 5.79. The van der Waals surface area contributed by atoms with Gasteiger partial charge in [-0.25, -0.2) is 0 Å². The number of hydrogen-bond acceptors (Lipinski definition) is 5. The highest BCUT2D eigenvalue weighted by atomic mass is 35.5. The van der Waals surface area contributed by atoms with Gasteiger partial charge in [0.2, 0.25) is 0 Å². The Morgan fingerprint density at radius 2 is 1.30 bits per heavy atom. The number of piperazine rings is 1. The van der Waals surface area contributed by atoms with Crippen molar-refractivity contribution in [3.8, 4) is 5.75 Å². The van der Waals surface area contributed by atoms with Crippen molar-refractivity contribution < 1.29 is 4.74 Å². The molecule has 0 aromatic heterocycles. The van der Waals surface area contributed by atoms with Gasteiger partial charge >= 0.3 is 0 Å². The molecule has 0 saturated carbocycles. The Kier molecular flexibility index (Phi) is 23.6. The summed E-state index contributed by atoms with van der Waals surface area (Å²) in [6.45, 7) is 8.30. The number of guanidine groups is 1. The first kappa shape index (κ1) is 36.4. The Balaban J connectivity index is -0.00000225. The lowest BCUT2D eigenvalue weighted by Crippen LogP contribution is -2.46. The number of halogens is 4. The Morgan fingerprint density at radius 3 is 1.82 bits per heavy atom. The van der Waals surface area contributed by atoms with E-state index < -0.39 is 0 Å². The molecule has 8 nitrogen and oxygen atoms in total. The fourth-order valence-electron chi connectivity index (χ4n) is 3.45. The standard InChI is InChI=1S/C21H37N7O.4ClH/c22-20(23)18-6-8-19(9-7-18)29-17-5-12-28-15-13-27(14-16-28)11-4-2-1-3-10-26-21(24)25;;;;/h6-9H,1-5,10-17H2,(H3,22,23)(H4,24,25,26);4*1H. The van der Waals surface area contributed by atoms with E-state index >= 15 is 0 Å². The zero-order valence-electron chi connectivity index (χ0n) is 19.1. The summed E-state index contributed by atoms with van der Waals surface area (Å²) in [5.41, 5.74) is 16.8. The van der Waals surface area contributed by atoms with Gasteiger partial charge in [-0.1, -0.05) is 12.8 Å². The fourth-order valence-corrected chi connectivity index (χ4v) is 3.45. The maximum atomic E-state index is 7.40. The van der Waals surface area contributed by atoms with Gasteiger partial charge in [-0.2, -0.15) is 0 Å². The van der Waals surface area contributed by atoms with Crippen molar-refractivity contribution in [2.45, 2.75) is 32.1 Å². The number of benzene rings is 1. The average Bonchev–Trinajstić information content (AvgIpc) is 2.71. The van der Waals surface area contributed by atoms with Crippen LogP contribution in [0.25, 0.3) is 0 Å². The van der Waals surface area contributed by atoms with Crippen LogP contribution in [-0.2, 0) is 0 Å². The minimum Gasteiger partial charge on any atom is -0.494 e. The number of aliphatic imine (C=N–C) groups is 1. The number of nitrogens with zero attached hydrogens (tertiary/aromatic N) is 3. The Morgan fingerprint density at radius 1 is 0.788 bits per heavy atom. The van der Waals surface area contributed by atoms with Crippen LogP contribution in [0.5, 0.6) is 5.75 Å². The molecule has 0 radical (unpaired) electrons. The molecule has 1 aliphatic rings. The predicted octanol–water partition coefficient (Wildman–Crippen LogP) is 2.88. The van der Waals surface area contributed by atoms with E-state index in [2.05, 4.69) is 14.8 Å². The molecule has 1 aliphatic heterocycles. The third-order valence-electron chi connectivity index (χ3n) is 5.19. The van der Waals surface area contributed by atoms with Crippen molar-refractivity contribution in [1.82, 2.24) is 9.80 Å². The van der Waals surface area contributed by atoms with E-state index in [1.807, 2.05) is 24.3 Å². The normalized spacial score (nSPS) is 13.3. The van der Waals surface area contributed by atoms with E-state index in [9.17, 15) is 0 Å². The molecule has 0 unspecified atom stereocenters. The molecule has 7 N–H and O–H groups in total. The maximum absolute atomic E-state index is 7.40. The quantitative estimate of drug-likeness (QED) is 0.170. The smallest absolute Gasteiger partial charge is 0.185 e. The molecule has 194 valence electrons. The summed E-state index contributed by atoms with van der Waals surface area (Å²) in [6, 6.07) is 7.38. The van der Waals surface area contributed by atoms with Crippen LogP contribution in [0.1, 0.15) is 37.7 Å². The van der Waals surface area contributed by atoms with E-state index in [-0.39, 0.29) is 61.4 Å². The van der Waals surface area contributed by atoms with Gasteiger partial charge in [0.05, 0.1) is 6.61 Å². The van der Waals surface area contributed by atoms with Crippen LogP contribution >= 0.6 is 49.6 Å². The molecule has 0 amide bonds. The first-order valence-electron chi connectivity index (χ1n) is 10.6. The van der Waals surface area contributed by atoms with Crippen molar-refractivity contribution in [2.75, 3.05) is 52.4 Å². The zero-order valence-corrected chi connectivity index (χ0v) is 22.4. The molecule has 12 heteroatoms. The second-order valence-corrected chi connectivity index (χ2v) is 7.54. The molecule has 33 heavy (non-hydrogen) atoms. The van der Waals surface area contributed by atoms with Crippen molar-refractivity contribution >= 4 is 61.4 Å². The molecule has 1 saturated heterocycles. The lowest BCUT2D eigenvalue weighted by atomic mass is 10.2. The summed E-state index contributed by atoms with van der Waals surface area (Å²) >= 11 is 0. The molecule has 0 atom stereocenters. The van der Waals surface area contributed by atoms with Gasteiger partial charge in [-0.15, -0.1) is 49.6 Å². The predicted molar refractivity (Wildman–Crippen MR) is 149 cm³/mol. The molecule has 0 aliphatic carbocycles. The van der Waals surface area contributed by atoms with Crippen LogP contribution in [-0.4, -0.2) is 74.0 Å². The van der Waals surface area contributed by atoms with Crippen LogP contribution in [0.15, 0.2) is 29.3 Å². The summed E-state index contributed by atoms with van der Waals surface area (Å²) in [5.74, 6) is 1.11. The summed E-state index contributed by atoms with van der Waals surface area (Å²) in [7, 11) is 0. The molecule has 1 fully saturated rings. The van der Waals surface area contributed by atoms with Gasteiger partial charge in [0, 0.05) is 44.8 Å². The first-order chi connectivity index (χ1) is 14.0. The number of unbranched alkanes of at least 4 members (excludes halogenated alkanes) is 3. The van der Waals surface area contributed by atoms with Gasteiger partial charge < -0.3 is 31.7 Å². The summed E-state index contributed by atoms with van der Waals surface area (Å²) in [6.07, 6.45) is 5.76. The van der Waals surface area contributed by atoms with Crippen molar-refractivity contribution in [2.24, 2.45) is 22.2 Å². The van der Waals surface area contributed by atoms with Crippen LogP contribution in [0, 0.1) is 5.41 Å². The summed E-state index contributed by atoms with van der Waals surface area (Å²) in [4.78, 5) is 9.10. The highest BCUT2D eigenvalue weighted by Gasteiger charge is 2.15. The van der Waals surface area contributed by atoms with E-state index in [0.29, 0.717) is 6.61 Å². The molecular formula is C21H41Cl4N7O. The Bertz CT molecular complexity index is 638. The van der Waals surface area contributed by atoms with Gasteiger partial charge in [0.25, 0.3) is 0 Å². The van der Waals surface area contributed by atoms with E-state index in [4.69, 9.17) is 27.3 Å². The highest BCUT2D eigenvalue weighted by Crippen LogP contribution is 2.12. The molecule has 1 heterocycles. The largest absolute Gasteiger partial charge is 0.494 e. The lowest BCUT2D eigenvalue weighted by molar-refractivity contribution is 0.124. The topological polar surface area (TPSA) is 130 Å².